The van der Waals surface area contributed by atoms with E-state index in [1.165, 1.54) is 12.4 Å². The normalized spacial score (nSPS) is 15.6. The van der Waals surface area contributed by atoms with Gasteiger partial charge in [0.2, 0.25) is 0 Å². The third kappa shape index (κ3) is 5.98. The SMILES string of the molecule is Cc1cccc(C(=O)NCc2ccc(-c3nn([C@@H]4CCCN(C(=O)OC(C)(C)C)C4)c4ncnc(N)c34)cc2)c1F. The molecule has 0 saturated carbocycles. The molecule has 1 aliphatic heterocycles. The number of amides is 2. The maximum absolute atomic E-state index is 14.3. The van der Waals surface area contributed by atoms with Crippen molar-refractivity contribution in [2.45, 2.75) is 58.7 Å². The van der Waals surface area contributed by atoms with Gasteiger partial charge in [0.1, 0.15) is 29.3 Å². The molecule has 0 aliphatic carbocycles. The number of nitrogens with two attached hydrogens (primary N) is 1. The van der Waals surface area contributed by atoms with Gasteiger partial charge in [-0.2, -0.15) is 5.10 Å². The number of aryl methyl sites for hydroxylation is 1. The standard InChI is InChI=1S/C30H34FN7O3/c1-18-7-5-9-22(24(18)31)28(39)33-15-19-10-12-20(13-11-19)25-23-26(32)34-17-35-27(23)38(36-25)21-8-6-14-37(16-21)29(40)41-30(2,3)4/h5,7,9-13,17,21H,6,8,14-16H2,1-4H3,(H,33,39)(H2,32,34,35)/t21-/m1/s1. The lowest BCUT2D eigenvalue weighted by molar-refractivity contribution is 0.0169. The van der Waals surface area contributed by atoms with Crippen molar-refractivity contribution in [3.05, 3.63) is 71.3 Å². The first-order chi connectivity index (χ1) is 19.5. The van der Waals surface area contributed by atoms with Crippen LogP contribution in [0.25, 0.3) is 22.3 Å². The Morgan fingerprint density at radius 3 is 2.63 bits per heavy atom. The zero-order valence-corrected chi connectivity index (χ0v) is 23.6. The van der Waals surface area contributed by atoms with Crippen LogP contribution in [0.3, 0.4) is 0 Å². The minimum Gasteiger partial charge on any atom is -0.444 e. The third-order valence-corrected chi connectivity index (χ3v) is 7.03. The summed E-state index contributed by atoms with van der Waals surface area (Å²) in [5, 5.41) is 8.33. The molecule has 4 aromatic rings. The van der Waals surface area contributed by atoms with E-state index >= 15 is 0 Å². The van der Waals surface area contributed by atoms with Crippen LogP contribution in [0.1, 0.15) is 61.1 Å². The molecule has 2 amide bonds. The molecule has 0 bridgehead atoms. The molecule has 1 saturated heterocycles. The number of halogens is 1. The van der Waals surface area contributed by atoms with Crippen LogP contribution in [0.5, 0.6) is 0 Å². The molecule has 10 nitrogen and oxygen atoms in total. The molecule has 1 fully saturated rings. The van der Waals surface area contributed by atoms with E-state index in [0.29, 0.717) is 41.2 Å². The van der Waals surface area contributed by atoms with Crippen LogP contribution in [0.15, 0.2) is 48.8 Å². The predicted molar refractivity (Wildman–Crippen MR) is 154 cm³/mol. The summed E-state index contributed by atoms with van der Waals surface area (Å²) in [7, 11) is 0. The number of nitrogens with one attached hydrogen (secondary N) is 1. The summed E-state index contributed by atoms with van der Waals surface area (Å²) in [6, 6.07) is 12.2. The number of carbonyl (C=O) groups excluding carboxylic acids is 2. The Labute approximate surface area is 237 Å². The number of benzene rings is 2. The second-order valence-corrected chi connectivity index (χ2v) is 11.3. The van der Waals surface area contributed by atoms with Crippen LogP contribution < -0.4 is 11.1 Å². The van der Waals surface area contributed by atoms with E-state index in [4.69, 9.17) is 15.6 Å². The highest BCUT2D eigenvalue weighted by atomic mass is 19.1. The van der Waals surface area contributed by atoms with E-state index in [1.807, 2.05) is 49.7 Å². The molecule has 1 atom stereocenters. The molecule has 0 spiro atoms. The van der Waals surface area contributed by atoms with Gasteiger partial charge >= 0.3 is 6.09 Å². The quantitative estimate of drug-likeness (QED) is 0.351. The maximum atomic E-state index is 14.3. The van der Waals surface area contributed by atoms with Crippen molar-refractivity contribution in [3.8, 4) is 11.3 Å². The highest BCUT2D eigenvalue weighted by Crippen LogP contribution is 2.34. The van der Waals surface area contributed by atoms with Gasteiger partial charge in [-0.3, -0.25) is 4.79 Å². The Morgan fingerprint density at radius 2 is 1.90 bits per heavy atom. The second kappa shape index (κ2) is 11.1. The largest absolute Gasteiger partial charge is 0.444 e. The van der Waals surface area contributed by atoms with Crippen molar-refractivity contribution in [3.63, 3.8) is 0 Å². The molecule has 214 valence electrons. The summed E-state index contributed by atoms with van der Waals surface area (Å²) >= 11 is 0. The number of ether oxygens (including phenoxy) is 1. The number of nitrogens with zero attached hydrogens (tertiary/aromatic N) is 5. The van der Waals surface area contributed by atoms with E-state index in [1.54, 1.807) is 24.0 Å². The van der Waals surface area contributed by atoms with Crippen LogP contribution in [0.4, 0.5) is 15.0 Å². The number of nitrogen functional groups attached to an aromatic ring is 1. The van der Waals surface area contributed by atoms with Crippen LogP contribution in [0, 0.1) is 12.7 Å². The molecule has 2 aromatic carbocycles. The highest BCUT2D eigenvalue weighted by Gasteiger charge is 2.31. The van der Waals surface area contributed by atoms with Gasteiger partial charge in [0.25, 0.3) is 5.91 Å². The highest BCUT2D eigenvalue weighted by molar-refractivity contribution is 5.98. The van der Waals surface area contributed by atoms with E-state index < -0.39 is 17.3 Å². The number of piperidine rings is 1. The predicted octanol–water partition coefficient (Wildman–Crippen LogP) is 5.03. The van der Waals surface area contributed by atoms with E-state index in [9.17, 15) is 14.0 Å². The number of carbonyl (C=O) groups is 2. The summed E-state index contributed by atoms with van der Waals surface area (Å²) in [6.07, 6.45) is 2.69. The Bertz CT molecular complexity index is 1590. The molecule has 41 heavy (non-hydrogen) atoms. The summed E-state index contributed by atoms with van der Waals surface area (Å²) in [6.45, 7) is 8.46. The number of rotatable bonds is 5. The van der Waals surface area contributed by atoms with Crippen LogP contribution in [-0.4, -0.2) is 55.3 Å². The van der Waals surface area contributed by atoms with Gasteiger partial charge in [-0.15, -0.1) is 0 Å². The van der Waals surface area contributed by atoms with Crippen LogP contribution in [0.2, 0.25) is 0 Å². The monoisotopic (exact) mass is 559 g/mol. The van der Waals surface area contributed by atoms with Gasteiger partial charge in [-0.1, -0.05) is 36.4 Å². The van der Waals surface area contributed by atoms with Crippen molar-refractivity contribution < 1.29 is 18.7 Å². The van der Waals surface area contributed by atoms with Crippen molar-refractivity contribution in [2.24, 2.45) is 0 Å². The van der Waals surface area contributed by atoms with Gasteiger partial charge in [-0.05, 0) is 57.7 Å². The molecule has 0 radical (unpaired) electrons. The summed E-state index contributed by atoms with van der Waals surface area (Å²) in [5.41, 5.74) is 9.02. The van der Waals surface area contributed by atoms with E-state index in [-0.39, 0.29) is 24.2 Å². The number of fused-ring (bicyclic) bond motifs is 1. The maximum Gasteiger partial charge on any atom is 0.410 e. The first-order valence-corrected chi connectivity index (χ1v) is 13.6. The summed E-state index contributed by atoms with van der Waals surface area (Å²) < 4.78 is 21.8. The van der Waals surface area contributed by atoms with Crippen molar-refractivity contribution >= 4 is 28.9 Å². The van der Waals surface area contributed by atoms with Gasteiger partial charge in [-0.25, -0.2) is 23.8 Å². The lowest BCUT2D eigenvalue weighted by Gasteiger charge is -2.34. The van der Waals surface area contributed by atoms with Crippen molar-refractivity contribution in [1.82, 2.24) is 30.0 Å². The summed E-state index contributed by atoms with van der Waals surface area (Å²) in [5.74, 6) is -0.680. The Kier molecular flexibility index (Phi) is 7.61. The van der Waals surface area contributed by atoms with E-state index in [0.717, 1.165) is 24.0 Å². The number of aromatic nitrogens is 4. The van der Waals surface area contributed by atoms with Gasteiger partial charge in [0, 0.05) is 25.2 Å². The molecule has 1 aliphatic rings. The summed E-state index contributed by atoms with van der Waals surface area (Å²) in [4.78, 5) is 35.7. The number of likely N-dealkylation sites (tertiary alicyclic amines) is 1. The van der Waals surface area contributed by atoms with E-state index in [2.05, 4.69) is 15.3 Å². The third-order valence-electron chi connectivity index (χ3n) is 7.03. The number of hydrogen-bond donors (Lipinski definition) is 2. The minimum atomic E-state index is -0.580. The fourth-order valence-electron chi connectivity index (χ4n) is 4.98. The molecular formula is C30H34FN7O3. The molecule has 3 N–H and O–H groups in total. The van der Waals surface area contributed by atoms with Gasteiger partial charge in [0.15, 0.2) is 5.65 Å². The molecule has 3 heterocycles. The Morgan fingerprint density at radius 1 is 1.15 bits per heavy atom. The molecular weight excluding hydrogens is 525 g/mol. The Balaban J connectivity index is 1.37. The van der Waals surface area contributed by atoms with Crippen molar-refractivity contribution in [1.29, 1.82) is 0 Å². The number of anilines is 1. The minimum absolute atomic E-state index is 0.0158. The topological polar surface area (TPSA) is 128 Å². The number of hydrogen-bond acceptors (Lipinski definition) is 7. The smallest absolute Gasteiger partial charge is 0.410 e. The fraction of sp³-hybridized carbons (Fsp3) is 0.367. The Hall–Kier alpha value is -4.54. The molecule has 2 aromatic heterocycles. The first kappa shape index (κ1) is 28.0. The lowest BCUT2D eigenvalue weighted by Crippen LogP contribution is -2.43. The average molecular weight is 560 g/mol. The zero-order chi connectivity index (χ0) is 29.3. The lowest BCUT2D eigenvalue weighted by atomic mass is 10.1. The molecule has 0 unspecified atom stereocenters. The van der Waals surface area contributed by atoms with Gasteiger partial charge < -0.3 is 20.7 Å². The first-order valence-electron chi connectivity index (χ1n) is 13.6. The molecule has 11 heteroatoms. The zero-order valence-electron chi connectivity index (χ0n) is 23.6. The van der Waals surface area contributed by atoms with Crippen molar-refractivity contribution in [2.75, 3.05) is 18.8 Å². The van der Waals surface area contributed by atoms with Crippen LogP contribution >= 0.6 is 0 Å². The second-order valence-electron chi connectivity index (χ2n) is 11.3. The fourth-order valence-corrected chi connectivity index (χ4v) is 4.98. The average Bonchev–Trinajstić information content (AvgIpc) is 3.34. The van der Waals surface area contributed by atoms with Gasteiger partial charge in [0.05, 0.1) is 17.0 Å². The van der Waals surface area contributed by atoms with Crippen LogP contribution in [-0.2, 0) is 11.3 Å². The molecule has 5 rings (SSSR count).